The maximum Gasteiger partial charge on any atom is 0.168 e. The summed E-state index contributed by atoms with van der Waals surface area (Å²) in [6.45, 7) is 4.11. The molecule has 0 spiro atoms. The molecule has 0 unspecified atom stereocenters. The van der Waals surface area contributed by atoms with Crippen molar-refractivity contribution in [3.05, 3.63) is 40.1 Å². The predicted octanol–water partition coefficient (Wildman–Crippen LogP) is 4.90. The van der Waals surface area contributed by atoms with Crippen molar-refractivity contribution in [1.82, 2.24) is 14.5 Å². The second-order valence-corrected chi connectivity index (χ2v) is 7.83. The summed E-state index contributed by atoms with van der Waals surface area (Å²) in [6, 6.07) is 10.2. The van der Waals surface area contributed by atoms with Gasteiger partial charge in [-0.15, -0.1) is 0 Å². The molecule has 124 valence electrons. The van der Waals surface area contributed by atoms with Gasteiger partial charge in [-0.2, -0.15) is 0 Å². The Kier molecular flexibility index (Phi) is 4.33. The summed E-state index contributed by atoms with van der Waals surface area (Å²) in [4.78, 5) is 11.9. The number of anilines is 1. The van der Waals surface area contributed by atoms with Crippen molar-refractivity contribution in [2.75, 3.05) is 18.0 Å². The molecule has 2 aromatic heterocycles. The fraction of sp³-hybridized carbons (Fsp3) is 0.389. The van der Waals surface area contributed by atoms with E-state index in [0.717, 1.165) is 44.7 Å². The molecule has 1 fully saturated rings. The van der Waals surface area contributed by atoms with E-state index in [1.807, 2.05) is 25.1 Å². The van der Waals surface area contributed by atoms with Gasteiger partial charge in [0.05, 0.1) is 0 Å². The van der Waals surface area contributed by atoms with Crippen molar-refractivity contribution in [2.24, 2.45) is 0 Å². The monoisotopic (exact) mass is 356 g/mol. The van der Waals surface area contributed by atoms with Crippen LogP contribution in [0.3, 0.4) is 0 Å². The molecule has 6 heteroatoms. The Hall–Kier alpha value is -1.79. The lowest BCUT2D eigenvalue weighted by Crippen LogP contribution is -2.25. The quantitative estimate of drug-likeness (QED) is 0.612. The number of rotatable bonds is 2. The van der Waals surface area contributed by atoms with Crippen LogP contribution < -0.4 is 4.90 Å². The minimum Gasteiger partial charge on any atom is -0.355 e. The summed E-state index contributed by atoms with van der Waals surface area (Å²) in [6.07, 6.45) is 5.08. The molecule has 0 radical (unpaired) electrons. The van der Waals surface area contributed by atoms with E-state index in [4.69, 9.17) is 22.2 Å². The summed E-state index contributed by atoms with van der Waals surface area (Å²) >= 11 is 7.28. The first kappa shape index (κ1) is 15.7. The number of thiazole rings is 1. The summed E-state index contributed by atoms with van der Waals surface area (Å²) in [5, 5.41) is 0. The number of aryl methyl sites for hydroxylation is 1. The Bertz CT molecular complexity index is 906. The van der Waals surface area contributed by atoms with Gasteiger partial charge in [0, 0.05) is 18.8 Å². The number of hydrogen-bond donors (Lipinski definition) is 0. The second-order valence-electron chi connectivity index (χ2n) is 6.19. The summed E-state index contributed by atoms with van der Waals surface area (Å²) in [7, 11) is 0. The third kappa shape index (κ3) is 2.84. The molecule has 4 nitrogen and oxygen atoms in total. The van der Waals surface area contributed by atoms with Crippen molar-refractivity contribution in [1.29, 1.82) is 0 Å². The van der Waals surface area contributed by atoms with E-state index < -0.39 is 0 Å². The van der Waals surface area contributed by atoms with Crippen LogP contribution in [0.25, 0.3) is 16.0 Å². The van der Waals surface area contributed by atoms with Crippen LogP contribution in [0.4, 0.5) is 5.82 Å². The second kappa shape index (κ2) is 6.61. The highest BCUT2D eigenvalue weighted by Crippen LogP contribution is 2.33. The molecular formula is C18H20N4S2. The van der Waals surface area contributed by atoms with E-state index in [1.165, 1.54) is 25.7 Å². The first-order valence-corrected chi connectivity index (χ1v) is 9.67. The van der Waals surface area contributed by atoms with Crippen LogP contribution in [0.5, 0.6) is 0 Å². The number of fused-ring (bicyclic) bond motifs is 1. The first-order valence-electron chi connectivity index (χ1n) is 8.44. The lowest BCUT2D eigenvalue weighted by Gasteiger charge is -2.22. The van der Waals surface area contributed by atoms with Gasteiger partial charge in [-0.25, -0.2) is 9.97 Å². The molecule has 4 rings (SSSR count). The Morgan fingerprint density at radius 2 is 1.71 bits per heavy atom. The van der Waals surface area contributed by atoms with Crippen LogP contribution >= 0.6 is 23.6 Å². The Morgan fingerprint density at radius 3 is 2.42 bits per heavy atom. The smallest absolute Gasteiger partial charge is 0.168 e. The number of aromatic nitrogens is 3. The van der Waals surface area contributed by atoms with Crippen molar-refractivity contribution in [2.45, 2.75) is 32.6 Å². The van der Waals surface area contributed by atoms with Crippen LogP contribution in [0, 0.1) is 10.9 Å². The average Bonchev–Trinajstić information content (AvgIpc) is 2.77. The summed E-state index contributed by atoms with van der Waals surface area (Å²) in [5.41, 5.74) is 2.00. The summed E-state index contributed by atoms with van der Waals surface area (Å²) < 4.78 is 4.01. The molecule has 0 amide bonds. The standard InChI is InChI=1S/C18H20N4S2/c1-13-19-16(21-11-7-2-3-8-12-21)15-17(20-13)22(18(23)24-15)14-9-5-4-6-10-14/h4-6,9-10H,2-3,7-8,11-12H2,1H3. The van der Waals surface area contributed by atoms with Crippen LogP contribution in [-0.2, 0) is 0 Å². The Morgan fingerprint density at radius 1 is 1.00 bits per heavy atom. The maximum atomic E-state index is 5.66. The molecule has 0 aliphatic carbocycles. The van der Waals surface area contributed by atoms with E-state index in [2.05, 4.69) is 21.6 Å². The molecule has 0 atom stereocenters. The van der Waals surface area contributed by atoms with E-state index in [1.54, 1.807) is 11.3 Å². The predicted molar refractivity (Wildman–Crippen MR) is 103 cm³/mol. The highest BCUT2D eigenvalue weighted by molar-refractivity contribution is 7.73. The van der Waals surface area contributed by atoms with E-state index >= 15 is 0 Å². The van der Waals surface area contributed by atoms with E-state index in [9.17, 15) is 0 Å². The van der Waals surface area contributed by atoms with Gasteiger partial charge in [0.15, 0.2) is 15.4 Å². The van der Waals surface area contributed by atoms with Crippen molar-refractivity contribution in [3.8, 4) is 5.69 Å². The van der Waals surface area contributed by atoms with Crippen LogP contribution in [-0.4, -0.2) is 27.6 Å². The van der Waals surface area contributed by atoms with Gasteiger partial charge in [-0.1, -0.05) is 42.4 Å². The van der Waals surface area contributed by atoms with Gasteiger partial charge in [0.1, 0.15) is 10.5 Å². The summed E-state index contributed by atoms with van der Waals surface area (Å²) in [5.74, 6) is 1.87. The molecule has 24 heavy (non-hydrogen) atoms. The van der Waals surface area contributed by atoms with Gasteiger partial charge >= 0.3 is 0 Å². The number of nitrogens with zero attached hydrogens (tertiary/aromatic N) is 4. The molecule has 3 aromatic rings. The zero-order chi connectivity index (χ0) is 16.5. The van der Waals surface area contributed by atoms with Crippen molar-refractivity contribution >= 4 is 39.7 Å². The average molecular weight is 357 g/mol. The third-order valence-corrected chi connectivity index (χ3v) is 5.80. The van der Waals surface area contributed by atoms with E-state index in [-0.39, 0.29) is 0 Å². The largest absolute Gasteiger partial charge is 0.355 e. The lowest BCUT2D eigenvalue weighted by atomic mass is 10.2. The zero-order valence-corrected chi connectivity index (χ0v) is 15.4. The van der Waals surface area contributed by atoms with Crippen LogP contribution in [0.1, 0.15) is 31.5 Å². The van der Waals surface area contributed by atoms with E-state index in [0.29, 0.717) is 0 Å². The van der Waals surface area contributed by atoms with Gasteiger partial charge in [-0.3, -0.25) is 4.57 Å². The van der Waals surface area contributed by atoms with Gasteiger partial charge < -0.3 is 4.90 Å². The number of hydrogen-bond acceptors (Lipinski definition) is 5. The van der Waals surface area contributed by atoms with Gasteiger partial charge in [-0.05, 0) is 44.1 Å². The van der Waals surface area contributed by atoms with Crippen LogP contribution in [0.15, 0.2) is 30.3 Å². The minimum atomic E-state index is 0.805. The molecule has 1 aliphatic heterocycles. The molecule has 1 saturated heterocycles. The molecule has 0 N–H and O–H groups in total. The number of benzene rings is 1. The first-order chi connectivity index (χ1) is 11.7. The SMILES string of the molecule is Cc1nc(N2CCCCCC2)c2sc(=S)n(-c3ccccc3)c2n1. The topological polar surface area (TPSA) is 34.0 Å². The normalized spacial score (nSPS) is 15.6. The fourth-order valence-electron chi connectivity index (χ4n) is 3.30. The molecule has 1 aromatic carbocycles. The van der Waals surface area contributed by atoms with Crippen LogP contribution in [0.2, 0.25) is 0 Å². The molecular weight excluding hydrogens is 336 g/mol. The maximum absolute atomic E-state index is 5.66. The van der Waals surface area contributed by atoms with Gasteiger partial charge in [0.25, 0.3) is 0 Å². The minimum absolute atomic E-state index is 0.805. The lowest BCUT2D eigenvalue weighted by molar-refractivity contribution is 0.726. The van der Waals surface area contributed by atoms with Crippen molar-refractivity contribution < 1.29 is 0 Å². The van der Waals surface area contributed by atoms with Gasteiger partial charge in [0.2, 0.25) is 0 Å². The Labute approximate surface area is 150 Å². The molecule has 3 heterocycles. The third-order valence-electron chi connectivity index (χ3n) is 4.45. The fourth-order valence-corrected chi connectivity index (χ4v) is 4.69. The molecule has 0 saturated carbocycles. The molecule has 1 aliphatic rings. The van der Waals surface area contributed by atoms with Crippen molar-refractivity contribution in [3.63, 3.8) is 0 Å². The highest BCUT2D eigenvalue weighted by atomic mass is 32.1. The Balaban J connectivity index is 1.92. The zero-order valence-electron chi connectivity index (χ0n) is 13.7. The highest BCUT2D eigenvalue weighted by Gasteiger charge is 2.19. The number of para-hydroxylation sites is 1. The molecule has 0 bridgehead atoms.